The van der Waals surface area contributed by atoms with Crippen LogP contribution in [-0.4, -0.2) is 37.7 Å². The lowest BCUT2D eigenvalue weighted by Crippen LogP contribution is -2.47. The van der Waals surface area contributed by atoms with E-state index in [0.29, 0.717) is 30.0 Å². The van der Waals surface area contributed by atoms with Gasteiger partial charge in [0.05, 0.1) is 0 Å². The van der Waals surface area contributed by atoms with Gasteiger partial charge in [0.15, 0.2) is 11.5 Å². The monoisotopic (exact) mass is 290 g/mol. The van der Waals surface area contributed by atoms with Crippen molar-refractivity contribution in [2.24, 2.45) is 5.92 Å². The summed E-state index contributed by atoms with van der Waals surface area (Å²) in [6.45, 7) is 4.12. The second-order valence-corrected chi connectivity index (χ2v) is 5.86. The van der Waals surface area contributed by atoms with Crippen molar-refractivity contribution in [1.82, 2.24) is 10.6 Å². The predicted molar refractivity (Wildman–Crippen MR) is 79.6 cm³/mol. The number of rotatable bonds is 3. The van der Waals surface area contributed by atoms with Crippen molar-refractivity contribution in [3.05, 3.63) is 24.3 Å². The number of piperidine rings is 1. The Balaban J connectivity index is 1.48. The number of amides is 1. The molecule has 114 valence electrons. The first-order valence-electron chi connectivity index (χ1n) is 7.62. The lowest BCUT2D eigenvalue weighted by molar-refractivity contribution is -0.130. The highest BCUT2D eigenvalue weighted by atomic mass is 16.6. The molecule has 2 N–H and O–H groups in total. The molecule has 21 heavy (non-hydrogen) atoms. The van der Waals surface area contributed by atoms with Crippen LogP contribution in [0.15, 0.2) is 24.3 Å². The first-order valence-corrected chi connectivity index (χ1v) is 7.62. The zero-order chi connectivity index (χ0) is 14.7. The van der Waals surface area contributed by atoms with Gasteiger partial charge in [-0.25, -0.2) is 0 Å². The zero-order valence-electron chi connectivity index (χ0n) is 12.3. The molecule has 1 saturated heterocycles. The van der Waals surface area contributed by atoms with Gasteiger partial charge in [0.25, 0.3) is 5.91 Å². The van der Waals surface area contributed by atoms with E-state index >= 15 is 0 Å². The fourth-order valence-corrected chi connectivity index (χ4v) is 2.74. The highest BCUT2D eigenvalue weighted by molar-refractivity contribution is 5.81. The number of carbonyl (C=O) groups is 1. The smallest absolute Gasteiger partial charge is 0.264 e. The summed E-state index contributed by atoms with van der Waals surface area (Å²) < 4.78 is 11.3. The Labute approximate surface area is 125 Å². The summed E-state index contributed by atoms with van der Waals surface area (Å²) in [5.74, 6) is 1.74. The van der Waals surface area contributed by atoms with Gasteiger partial charge in [-0.3, -0.25) is 4.79 Å². The Hall–Kier alpha value is -1.75. The Morgan fingerprint density at radius 1 is 1.33 bits per heavy atom. The summed E-state index contributed by atoms with van der Waals surface area (Å²) >= 11 is 0. The average Bonchev–Trinajstić information content (AvgIpc) is 2.53. The molecule has 0 saturated carbocycles. The molecule has 3 unspecified atom stereocenters. The molecule has 5 heteroatoms. The summed E-state index contributed by atoms with van der Waals surface area (Å²) in [5.41, 5.74) is 0. The summed E-state index contributed by atoms with van der Waals surface area (Å²) in [7, 11) is 0. The van der Waals surface area contributed by atoms with Gasteiger partial charge in [-0.2, -0.15) is 0 Å². The van der Waals surface area contributed by atoms with Gasteiger partial charge >= 0.3 is 0 Å². The van der Waals surface area contributed by atoms with Crippen molar-refractivity contribution in [3.8, 4) is 11.5 Å². The van der Waals surface area contributed by atoms with Crippen LogP contribution in [0, 0.1) is 5.92 Å². The topological polar surface area (TPSA) is 59.6 Å². The zero-order valence-corrected chi connectivity index (χ0v) is 12.3. The standard InChI is InChI=1S/C16H22N2O3/c1-11-6-7-12(8-17-11)9-18-16(19)15-10-20-13-4-2-3-5-14(13)21-15/h2-5,11-12,15,17H,6-10H2,1H3,(H,18,19). The molecule has 2 aliphatic rings. The van der Waals surface area contributed by atoms with E-state index in [0.717, 1.165) is 19.4 Å². The molecule has 0 radical (unpaired) electrons. The lowest BCUT2D eigenvalue weighted by atomic mass is 9.95. The minimum absolute atomic E-state index is 0.0943. The van der Waals surface area contributed by atoms with E-state index in [9.17, 15) is 4.79 Å². The molecular formula is C16H22N2O3. The highest BCUT2D eigenvalue weighted by Gasteiger charge is 2.28. The number of hydrogen-bond donors (Lipinski definition) is 2. The van der Waals surface area contributed by atoms with Crippen LogP contribution in [-0.2, 0) is 4.79 Å². The van der Waals surface area contributed by atoms with Crippen molar-refractivity contribution in [2.75, 3.05) is 19.7 Å². The highest BCUT2D eigenvalue weighted by Crippen LogP contribution is 2.30. The minimum Gasteiger partial charge on any atom is -0.485 e. The average molecular weight is 290 g/mol. The third kappa shape index (κ3) is 3.47. The molecular weight excluding hydrogens is 268 g/mol. The van der Waals surface area contributed by atoms with Crippen molar-refractivity contribution in [2.45, 2.75) is 31.9 Å². The normalized spacial score (nSPS) is 28.0. The molecule has 1 aromatic rings. The number of carbonyl (C=O) groups excluding carboxylic acids is 1. The van der Waals surface area contributed by atoms with Crippen LogP contribution in [0.2, 0.25) is 0 Å². The molecule has 5 nitrogen and oxygen atoms in total. The minimum atomic E-state index is -0.560. The van der Waals surface area contributed by atoms with Crippen LogP contribution < -0.4 is 20.1 Å². The van der Waals surface area contributed by atoms with Crippen molar-refractivity contribution in [3.63, 3.8) is 0 Å². The summed E-state index contributed by atoms with van der Waals surface area (Å²) in [4.78, 5) is 12.2. The van der Waals surface area contributed by atoms with Gasteiger partial charge in [0.2, 0.25) is 6.10 Å². The van der Waals surface area contributed by atoms with Gasteiger partial charge in [-0.05, 0) is 44.4 Å². The summed E-state index contributed by atoms with van der Waals surface area (Å²) in [6.07, 6.45) is 1.76. The van der Waals surface area contributed by atoms with Crippen molar-refractivity contribution >= 4 is 5.91 Å². The molecule has 0 bridgehead atoms. The molecule has 2 heterocycles. The molecule has 0 spiro atoms. The fraction of sp³-hybridized carbons (Fsp3) is 0.562. The molecule has 3 atom stereocenters. The molecule has 3 rings (SSSR count). The maximum absolute atomic E-state index is 12.2. The Kier molecular flexibility index (Phi) is 4.29. The van der Waals surface area contributed by atoms with Gasteiger partial charge < -0.3 is 20.1 Å². The van der Waals surface area contributed by atoms with Gasteiger partial charge in [-0.1, -0.05) is 12.1 Å². The van der Waals surface area contributed by atoms with Crippen molar-refractivity contribution in [1.29, 1.82) is 0 Å². The Bertz CT molecular complexity index is 498. The summed E-state index contributed by atoms with van der Waals surface area (Å²) in [6, 6.07) is 8.01. The van der Waals surface area contributed by atoms with E-state index in [4.69, 9.17) is 9.47 Å². The van der Waals surface area contributed by atoms with Crippen LogP contribution in [0.25, 0.3) is 0 Å². The number of fused-ring (bicyclic) bond motifs is 1. The van der Waals surface area contributed by atoms with Crippen LogP contribution in [0.4, 0.5) is 0 Å². The van der Waals surface area contributed by atoms with Gasteiger partial charge in [-0.15, -0.1) is 0 Å². The van der Waals surface area contributed by atoms with Crippen molar-refractivity contribution < 1.29 is 14.3 Å². The second-order valence-electron chi connectivity index (χ2n) is 5.86. The predicted octanol–water partition coefficient (Wildman–Crippen LogP) is 1.33. The molecule has 0 aliphatic carbocycles. The van der Waals surface area contributed by atoms with Crippen LogP contribution >= 0.6 is 0 Å². The molecule has 2 aliphatic heterocycles. The number of ether oxygens (including phenoxy) is 2. The number of nitrogens with one attached hydrogen (secondary N) is 2. The molecule has 1 amide bonds. The van der Waals surface area contributed by atoms with Gasteiger partial charge in [0.1, 0.15) is 6.61 Å². The SMILES string of the molecule is CC1CCC(CNC(=O)C2COc3ccccc3O2)CN1. The van der Waals surface area contributed by atoms with Crippen LogP contribution in [0.5, 0.6) is 11.5 Å². The van der Waals surface area contributed by atoms with Crippen LogP contribution in [0.1, 0.15) is 19.8 Å². The Morgan fingerprint density at radius 3 is 2.90 bits per heavy atom. The molecule has 0 aromatic heterocycles. The largest absolute Gasteiger partial charge is 0.485 e. The summed E-state index contributed by atoms with van der Waals surface area (Å²) in [5, 5.41) is 6.42. The molecule has 1 aromatic carbocycles. The number of hydrogen-bond acceptors (Lipinski definition) is 4. The maximum Gasteiger partial charge on any atom is 0.264 e. The second kappa shape index (κ2) is 6.35. The van der Waals surface area contributed by atoms with Crippen LogP contribution in [0.3, 0.4) is 0 Å². The molecule has 1 fully saturated rings. The third-order valence-corrected chi connectivity index (χ3v) is 4.13. The first-order chi connectivity index (χ1) is 10.2. The van der Waals surface area contributed by atoms with E-state index in [1.165, 1.54) is 0 Å². The van der Waals surface area contributed by atoms with E-state index < -0.39 is 6.10 Å². The van der Waals surface area contributed by atoms with E-state index in [-0.39, 0.29) is 12.5 Å². The van der Waals surface area contributed by atoms with E-state index in [1.807, 2.05) is 24.3 Å². The quantitative estimate of drug-likeness (QED) is 0.882. The van der Waals surface area contributed by atoms with E-state index in [1.54, 1.807) is 0 Å². The van der Waals surface area contributed by atoms with E-state index in [2.05, 4.69) is 17.6 Å². The Morgan fingerprint density at radius 2 is 2.14 bits per heavy atom. The lowest BCUT2D eigenvalue weighted by Gasteiger charge is -2.29. The fourth-order valence-electron chi connectivity index (χ4n) is 2.74. The van der Waals surface area contributed by atoms with Gasteiger partial charge in [0, 0.05) is 12.6 Å². The maximum atomic E-state index is 12.2. The number of benzene rings is 1. The third-order valence-electron chi connectivity index (χ3n) is 4.13. The number of para-hydroxylation sites is 2. The first kappa shape index (κ1) is 14.2.